The van der Waals surface area contributed by atoms with Crippen LogP contribution < -0.4 is 10.6 Å². The van der Waals surface area contributed by atoms with Crippen LogP contribution in [0.3, 0.4) is 0 Å². The summed E-state index contributed by atoms with van der Waals surface area (Å²) in [4.78, 5) is 13.6. The summed E-state index contributed by atoms with van der Waals surface area (Å²) in [6.45, 7) is 7.69. The van der Waals surface area contributed by atoms with Crippen LogP contribution in [0.1, 0.15) is 48.1 Å². The van der Waals surface area contributed by atoms with E-state index >= 15 is 0 Å². The Hall–Kier alpha value is -3.05. The Morgan fingerprint density at radius 2 is 1.86 bits per heavy atom. The predicted octanol–water partition coefficient (Wildman–Crippen LogP) is 5.63. The number of piperazine rings is 1. The number of nitrogens with two attached hydrogens (primary N) is 1. The Morgan fingerprint density at radius 1 is 1.00 bits per heavy atom. The van der Waals surface area contributed by atoms with Crippen LogP contribution in [0, 0.1) is 6.92 Å². The first-order valence-electron chi connectivity index (χ1n) is 13.4. The number of nitrogens with zero attached hydrogens (tertiary/aromatic N) is 3. The molecule has 5 nitrogen and oxygen atoms in total. The highest BCUT2D eigenvalue weighted by molar-refractivity contribution is 6.02. The summed E-state index contributed by atoms with van der Waals surface area (Å²) in [5, 5.41) is 2.57. The van der Waals surface area contributed by atoms with Crippen molar-refractivity contribution in [3.05, 3.63) is 65.0 Å². The van der Waals surface area contributed by atoms with Crippen molar-refractivity contribution in [1.82, 2.24) is 14.9 Å². The minimum Gasteiger partial charge on any atom is -0.398 e. The maximum Gasteiger partial charge on any atom is 0.0747 e. The number of rotatable bonds is 6. The molecule has 6 rings (SSSR count). The molecule has 4 aromatic rings. The molecule has 0 radical (unpaired) electrons. The zero-order valence-corrected chi connectivity index (χ0v) is 20.9. The summed E-state index contributed by atoms with van der Waals surface area (Å²) in [5.41, 5.74) is 16.7. The van der Waals surface area contributed by atoms with E-state index < -0.39 is 0 Å². The Kier molecular flexibility index (Phi) is 6.11. The van der Waals surface area contributed by atoms with E-state index in [2.05, 4.69) is 64.3 Å². The lowest BCUT2D eigenvalue weighted by Gasteiger charge is -2.37. The standard InChI is InChI=1S/C30H37N5/c1-21-12-13-25-24(19-21)22(20-32-25)7-4-5-14-34-15-17-35(18-16-34)28-11-6-10-27-29(28)30(31)23-8-2-3-9-26(23)33-27/h6,10-13,19-20,32H,2-5,7-9,14-18H2,1H3,(H2,31,33). The molecule has 0 saturated carbocycles. The largest absolute Gasteiger partial charge is 0.398 e. The molecule has 182 valence electrons. The molecule has 3 heterocycles. The predicted molar refractivity (Wildman–Crippen MR) is 147 cm³/mol. The molecule has 1 fully saturated rings. The molecule has 2 aromatic carbocycles. The first kappa shape index (κ1) is 22.4. The third kappa shape index (κ3) is 4.38. The number of benzene rings is 2. The van der Waals surface area contributed by atoms with Gasteiger partial charge in [0.1, 0.15) is 0 Å². The van der Waals surface area contributed by atoms with Crippen LogP contribution in [0.5, 0.6) is 0 Å². The van der Waals surface area contributed by atoms with Gasteiger partial charge in [-0.2, -0.15) is 0 Å². The molecule has 35 heavy (non-hydrogen) atoms. The number of aromatic amines is 1. The van der Waals surface area contributed by atoms with E-state index in [0.29, 0.717) is 0 Å². The van der Waals surface area contributed by atoms with E-state index in [1.165, 1.54) is 76.6 Å². The summed E-state index contributed by atoms with van der Waals surface area (Å²) in [7, 11) is 0. The summed E-state index contributed by atoms with van der Waals surface area (Å²) in [6, 6.07) is 13.2. The number of fused-ring (bicyclic) bond motifs is 3. The fraction of sp³-hybridized carbons (Fsp3) is 0.433. The Morgan fingerprint density at radius 3 is 2.74 bits per heavy atom. The molecule has 1 aliphatic carbocycles. The summed E-state index contributed by atoms with van der Waals surface area (Å²) in [6.07, 6.45) is 10.4. The van der Waals surface area contributed by atoms with E-state index in [1.807, 2.05) is 0 Å². The zero-order chi connectivity index (χ0) is 23.8. The number of hydrogen-bond acceptors (Lipinski definition) is 4. The Labute approximate surface area is 208 Å². The lowest BCUT2D eigenvalue weighted by atomic mass is 9.92. The van der Waals surface area contributed by atoms with Crippen LogP contribution in [-0.4, -0.2) is 47.6 Å². The molecule has 1 saturated heterocycles. The first-order valence-corrected chi connectivity index (χ1v) is 13.4. The third-order valence-corrected chi connectivity index (χ3v) is 8.12. The topological polar surface area (TPSA) is 61.2 Å². The number of H-pyrrole nitrogens is 1. The summed E-state index contributed by atoms with van der Waals surface area (Å²) in [5.74, 6) is 0. The van der Waals surface area contributed by atoms with E-state index in [9.17, 15) is 0 Å². The van der Waals surface area contributed by atoms with Gasteiger partial charge in [-0.15, -0.1) is 0 Å². The van der Waals surface area contributed by atoms with Gasteiger partial charge in [0.25, 0.3) is 0 Å². The van der Waals surface area contributed by atoms with Gasteiger partial charge in [0.2, 0.25) is 0 Å². The van der Waals surface area contributed by atoms with Crippen LogP contribution in [0.4, 0.5) is 11.4 Å². The normalized spacial score (nSPS) is 16.8. The van der Waals surface area contributed by atoms with Crippen LogP contribution >= 0.6 is 0 Å². The van der Waals surface area contributed by atoms with Crippen molar-refractivity contribution < 1.29 is 0 Å². The number of nitrogens with one attached hydrogen (secondary N) is 1. The van der Waals surface area contributed by atoms with Crippen molar-refractivity contribution in [2.75, 3.05) is 43.4 Å². The highest BCUT2D eigenvalue weighted by Crippen LogP contribution is 2.37. The van der Waals surface area contributed by atoms with Crippen molar-refractivity contribution in [1.29, 1.82) is 0 Å². The van der Waals surface area contributed by atoms with Gasteiger partial charge in [0.05, 0.1) is 5.52 Å². The minimum absolute atomic E-state index is 0.982. The van der Waals surface area contributed by atoms with Gasteiger partial charge in [0.15, 0.2) is 0 Å². The van der Waals surface area contributed by atoms with E-state index in [1.54, 1.807) is 0 Å². The number of pyridine rings is 1. The van der Waals surface area contributed by atoms with Gasteiger partial charge in [-0.1, -0.05) is 17.7 Å². The average Bonchev–Trinajstić information content (AvgIpc) is 3.29. The lowest BCUT2D eigenvalue weighted by molar-refractivity contribution is 0.253. The van der Waals surface area contributed by atoms with Gasteiger partial charge < -0.3 is 15.6 Å². The Bertz CT molecular complexity index is 1350. The third-order valence-electron chi connectivity index (χ3n) is 8.12. The van der Waals surface area contributed by atoms with Crippen LogP contribution in [0.15, 0.2) is 42.6 Å². The number of aryl methyl sites for hydroxylation is 3. The van der Waals surface area contributed by atoms with Gasteiger partial charge in [-0.25, -0.2) is 0 Å². The number of anilines is 2. The van der Waals surface area contributed by atoms with Crippen molar-refractivity contribution in [3.63, 3.8) is 0 Å². The first-order chi connectivity index (χ1) is 17.2. The van der Waals surface area contributed by atoms with Crippen molar-refractivity contribution in [3.8, 4) is 0 Å². The summed E-state index contributed by atoms with van der Waals surface area (Å²) < 4.78 is 0. The highest BCUT2D eigenvalue weighted by atomic mass is 15.3. The van der Waals surface area contributed by atoms with Gasteiger partial charge in [0, 0.05) is 65.7 Å². The molecule has 2 aliphatic rings. The molecular formula is C30H37N5. The lowest BCUT2D eigenvalue weighted by Crippen LogP contribution is -2.46. The van der Waals surface area contributed by atoms with Crippen LogP contribution in [-0.2, 0) is 19.3 Å². The molecule has 3 N–H and O–H groups in total. The second-order valence-corrected chi connectivity index (χ2v) is 10.5. The minimum atomic E-state index is 0.982. The fourth-order valence-electron chi connectivity index (χ4n) is 6.12. The smallest absolute Gasteiger partial charge is 0.0747 e. The van der Waals surface area contributed by atoms with Crippen molar-refractivity contribution in [2.24, 2.45) is 0 Å². The maximum atomic E-state index is 6.76. The quantitative estimate of drug-likeness (QED) is 0.361. The highest BCUT2D eigenvalue weighted by Gasteiger charge is 2.22. The number of unbranched alkanes of at least 4 members (excludes halogenated alkanes) is 1. The van der Waals surface area contributed by atoms with E-state index in [-0.39, 0.29) is 0 Å². The average molecular weight is 468 g/mol. The molecule has 5 heteroatoms. The van der Waals surface area contributed by atoms with Crippen molar-refractivity contribution in [2.45, 2.75) is 51.9 Å². The second kappa shape index (κ2) is 9.54. The molecule has 0 atom stereocenters. The van der Waals surface area contributed by atoms with Crippen LogP contribution in [0.2, 0.25) is 0 Å². The molecule has 0 spiro atoms. The molecule has 2 aromatic heterocycles. The van der Waals surface area contributed by atoms with Crippen LogP contribution in [0.25, 0.3) is 21.8 Å². The number of nitrogen functional groups attached to an aromatic ring is 1. The number of hydrogen-bond donors (Lipinski definition) is 2. The van der Waals surface area contributed by atoms with E-state index in [4.69, 9.17) is 10.7 Å². The fourth-order valence-corrected chi connectivity index (χ4v) is 6.12. The molecule has 0 bridgehead atoms. The van der Waals surface area contributed by atoms with Gasteiger partial charge in [-0.05, 0) is 93.8 Å². The molecular weight excluding hydrogens is 430 g/mol. The zero-order valence-electron chi connectivity index (χ0n) is 20.9. The van der Waals surface area contributed by atoms with E-state index in [0.717, 1.165) is 56.6 Å². The number of aromatic nitrogens is 2. The maximum absolute atomic E-state index is 6.76. The van der Waals surface area contributed by atoms with Gasteiger partial charge >= 0.3 is 0 Å². The van der Waals surface area contributed by atoms with Gasteiger partial charge in [-0.3, -0.25) is 9.88 Å². The second-order valence-electron chi connectivity index (χ2n) is 10.5. The van der Waals surface area contributed by atoms with Crippen molar-refractivity contribution >= 4 is 33.2 Å². The monoisotopic (exact) mass is 467 g/mol. The molecule has 0 amide bonds. The Balaban J connectivity index is 1.06. The molecule has 0 unspecified atom stereocenters. The SMILES string of the molecule is Cc1ccc2[nH]cc(CCCCN3CCN(c4cccc5nc6c(c(N)c45)CCCC6)CC3)c2c1. The summed E-state index contributed by atoms with van der Waals surface area (Å²) >= 11 is 0. The molecule has 1 aliphatic heterocycles.